The molecule has 1 heterocycles. The van der Waals surface area contributed by atoms with Gasteiger partial charge in [-0.2, -0.15) is 0 Å². The van der Waals surface area contributed by atoms with E-state index in [1.54, 1.807) is 0 Å². The van der Waals surface area contributed by atoms with E-state index in [4.69, 9.17) is 5.11 Å². The number of rotatable bonds is 2. The fraction of sp³-hybridized carbons (Fsp3) is 0.857. The zero-order chi connectivity index (χ0) is 14.9. The molecule has 2 rings (SSSR count). The van der Waals surface area contributed by atoms with Gasteiger partial charge in [-0.25, -0.2) is 9.59 Å². The maximum absolute atomic E-state index is 12.3. The summed E-state index contributed by atoms with van der Waals surface area (Å²) < 4.78 is 0. The molecule has 20 heavy (non-hydrogen) atoms. The number of nitrogens with zero attached hydrogens (tertiary/aromatic N) is 1. The number of aliphatic hydroxyl groups is 1. The number of carboxylic acid groups (broad SMARTS) is 1. The molecule has 2 aliphatic rings. The van der Waals surface area contributed by atoms with Crippen molar-refractivity contribution in [1.29, 1.82) is 0 Å². The molecule has 114 valence electrons. The quantitative estimate of drug-likeness (QED) is 0.710. The van der Waals surface area contributed by atoms with Crippen molar-refractivity contribution in [2.45, 2.75) is 64.1 Å². The molecule has 0 radical (unpaired) electrons. The number of nitrogens with one attached hydrogen (secondary N) is 1. The molecule has 3 N–H and O–H groups in total. The highest BCUT2D eigenvalue weighted by molar-refractivity contribution is 5.83. The van der Waals surface area contributed by atoms with E-state index in [0.29, 0.717) is 0 Å². The number of likely N-dealkylation sites (tertiary alicyclic amines) is 1. The van der Waals surface area contributed by atoms with Gasteiger partial charge >= 0.3 is 12.0 Å². The highest BCUT2D eigenvalue weighted by Crippen LogP contribution is 2.35. The second-order valence-corrected chi connectivity index (χ2v) is 6.63. The van der Waals surface area contributed by atoms with E-state index in [1.165, 1.54) is 11.3 Å². The second-order valence-electron chi connectivity index (χ2n) is 6.63. The predicted molar refractivity (Wildman–Crippen MR) is 73.3 cm³/mol. The number of hydrogen-bond donors (Lipinski definition) is 3. The van der Waals surface area contributed by atoms with Gasteiger partial charge in [0, 0.05) is 19.0 Å². The Morgan fingerprint density at radius 1 is 1.30 bits per heavy atom. The standard InChI is InChI=1S/C14H24N2O4/c1-14(2)6-4-3-5-11(14)15-13(20)16-8-9(17)7-10(16)12(18)19/h9-11,17H,3-8H2,1-2H3,(H,15,20)(H,18,19)/t9-,10-,11?/m1/s1. The van der Waals surface area contributed by atoms with Gasteiger partial charge in [0.05, 0.1) is 6.10 Å². The zero-order valence-electron chi connectivity index (χ0n) is 12.1. The maximum Gasteiger partial charge on any atom is 0.326 e. The molecule has 6 heteroatoms. The van der Waals surface area contributed by atoms with Gasteiger partial charge in [-0.3, -0.25) is 0 Å². The van der Waals surface area contributed by atoms with Crippen LogP contribution in [0, 0.1) is 5.41 Å². The third-order valence-corrected chi connectivity index (χ3v) is 4.63. The van der Waals surface area contributed by atoms with Gasteiger partial charge in [-0.1, -0.05) is 26.7 Å². The molecule has 1 unspecified atom stereocenters. The normalized spacial score (nSPS) is 33.0. The topological polar surface area (TPSA) is 89.9 Å². The number of aliphatic carboxylic acids is 1. The van der Waals surface area contributed by atoms with E-state index in [1.807, 2.05) is 0 Å². The molecule has 0 aromatic rings. The van der Waals surface area contributed by atoms with Gasteiger partial charge in [0.25, 0.3) is 0 Å². The molecule has 2 amide bonds. The molecule has 6 nitrogen and oxygen atoms in total. The van der Waals surface area contributed by atoms with Crippen LogP contribution in [0.3, 0.4) is 0 Å². The SMILES string of the molecule is CC1(C)CCCCC1NC(=O)N1C[C@H](O)C[C@@H]1C(=O)O. The van der Waals surface area contributed by atoms with E-state index in [9.17, 15) is 14.7 Å². The molecule has 3 atom stereocenters. The van der Waals surface area contributed by atoms with Gasteiger partial charge in [0.1, 0.15) is 6.04 Å². The fourth-order valence-electron chi connectivity index (χ4n) is 3.27. The number of carboxylic acids is 1. The lowest BCUT2D eigenvalue weighted by atomic mass is 9.73. The summed E-state index contributed by atoms with van der Waals surface area (Å²) >= 11 is 0. The lowest BCUT2D eigenvalue weighted by molar-refractivity contribution is -0.141. The summed E-state index contributed by atoms with van der Waals surface area (Å²) in [5, 5.41) is 21.7. The summed E-state index contributed by atoms with van der Waals surface area (Å²) in [7, 11) is 0. The third kappa shape index (κ3) is 3.06. The molecule has 0 spiro atoms. The average Bonchev–Trinajstić information content (AvgIpc) is 2.74. The van der Waals surface area contributed by atoms with Crippen LogP contribution in [0.5, 0.6) is 0 Å². The highest BCUT2D eigenvalue weighted by Gasteiger charge is 2.41. The van der Waals surface area contributed by atoms with Gasteiger partial charge in [0.2, 0.25) is 0 Å². The number of aliphatic hydroxyl groups excluding tert-OH is 1. The third-order valence-electron chi connectivity index (χ3n) is 4.63. The van der Waals surface area contributed by atoms with Crippen LogP contribution >= 0.6 is 0 Å². The molecular formula is C14H24N2O4. The van der Waals surface area contributed by atoms with E-state index in [2.05, 4.69) is 19.2 Å². The fourth-order valence-corrected chi connectivity index (χ4v) is 3.27. The van der Waals surface area contributed by atoms with Crippen LogP contribution in [0.15, 0.2) is 0 Å². The van der Waals surface area contributed by atoms with Crippen molar-refractivity contribution >= 4 is 12.0 Å². The molecular weight excluding hydrogens is 260 g/mol. The minimum absolute atomic E-state index is 0.0327. The summed E-state index contributed by atoms with van der Waals surface area (Å²) in [6, 6.07) is -1.22. The van der Waals surface area contributed by atoms with Crippen LogP contribution in [-0.2, 0) is 4.79 Å². The second kappa shape index (κ2) is 5.60. The maximum atomic E-state index is 12.3. The lowest BCUT2D eigenvalue weighted by Gasteiger charge is -2.40. The van der Waals surface area contributed by atoms with Crippen molar-refractivity contribution in [1.82, 2.24) is 10.2 Å². The van der Waals surface area contributed by atoms with Crippen molar-refractivity contribution in [3.8, 4) is 0 Å². The zero-order valence-corrected chi connectivity index (χ0v) is 12.1. The summed E-state index contributed by atoms with van der Waals surface area (Å²) in [4.78, 5) is 24.7. The Kier molecular flexibility index (Phi) is 4.22. The first kappa shape index (κ1) is 15.1. The lowest BCUT2D eigenvalue weighted by Crippen LogP contribution is -2.53. The van der Waals surface area contributed by atoms with Crippen LogP contribution in [0.25, 0.3) is 0 Å². The monoisotopic (exact) mass is 284 g/mol. The van der Waals surface area contributed by atoms with Crippen molar-refractivity contribution in [2.24, 2.45) is 5.41 Å². The molecule has 0 aromatic heterocycles. The first-order valence-corrected chi connectivity index (χ1v) is 7.29. The van der Waals surface area contributed by atoms with Crippen LogP contribution < -0.4 is 5.32 Å². The minimum atomic E-state index is -1.06. The first-order chi connectivity index (χ1) is 9.31. The Balaban J connectivity index is 2.02. The Morgan fingerprint density at radius 3 is 2.60 bits per heavy atom. The molecule has 1 aliphatic carbocycles. The molecule has 1 aliphatic heterocycles. The van der Waals surface area contributed by atoms with Crippen molar-refractivity contribution in [2.75, 3.05) is 6.54 Å². The minimum Gasteiger partial charge on any atom is -0.480 e. The summed E-state index contributed by atoms with van der Waals surface area (Å²) in [5.41, 5.74) is 0.0327. The van der Waals surface area contributed by atoms with E-state index < -0.39 is 18.1 Å². The Labute approximate surface area is 119 Å². The van der Waals surface area contributed by atoms with Crippen LogP contribution in [-0.4, -0.2) is 51.8 Å². The first-order valence-electron chi connectivity index (χ1n) is 7.29. The molecule has 1 saturated heterocycles. The van der Waals surface area contributed by atoms with Crippen LogP contribution in [0.2, 0.25) is 0 Å². The van der Waals surface area contributed by atoms with E-state index in [0.717, 1.165) is 19.3 Å². The number of carbonyl (C=O) groups is 2. The van der Waals surface area contributed by atoms with Gasteiger partial charge in [-0.15, -0.1) is 0 Å². The van der Waals surface area contributed by atoms with Crippen LogP contribution in [0.4, 0.5) is 4.79 Å². The molecule has 0 aromatic carbocycles. The number of β-amino-alcohol motifs (C(OH)–C–C–N with tert-alkyl or cyclic N) is 1. The molecule has 2 fully saturated rings. The van der Waals surface area contributed by atoms with Gasteiger partial charge in [-0.05, 0) is 18.3 Å². The smallest absolute Gasteiger partial charge is 0.326 e. The predicted octanol–water partition coefficient (Wildman–Crippen LogP) is 1.18. The van der Waals surface area contributed by atoms with E-state index in [-0.39, 0.29) is 30.5 Å². The largest absolute Gasteiger partial charge is 0.480 e. The van der Waals surface area contributed by atoms with Gasteiger partial charge in [0.15, 0.2) is 0 Å². The molecule has 0 bridgehead atoms. The van der Waals surface area contributed by atoms with Crippen molar-refractivity contribution < 1.29 is 19.8 Å². The Bertz CT molecular complexity index is 397. The molecule has 1 saturated carbocycles. The Morgan fingerprint density at radius 2 is 2.00 bits per heavy atom. The van der Waals surface area contributed by atoms with Crippen molar-refractivity contribution in [3.63, 3.8) is 0 Å². The highest BCUT2D eigenvalue weighted by atomic mass is 16.4. The number of hydrogen-bond acceptors (Lipinski definition) is 3. The number of urea groups is 1. The summed E-state index contributed by atoms with van der Waals surface area (Å²) in [5.74, 6) is -1.06. The van der Waals surface area contributed by atoms with Crippen molar-refractivity contribution in [3.05, 3.63) is 0 Å². The van der Waals surface area contributed by atoms with Gasteiger partial charge < -0.3 is 20.4 Å². The summed E-state index contributed by atoms with van der Waals surface area (Å²) in [6.07, 6.45) is 3.59. The average molecular weight is 284 g/mol. The van der Waals surface area contributed by atoms with E-state index >= 15 is 0 Å². The summed E-state index contributed by atoms with van der Waals surface area (Å²) in [6.45, 7) is 4.35. The number of amides is 2. The Hall–Kier alpha value is -1.30. The van der Waals surface area contributed by atoms with Crippen LogP contribution in [0.1, 0.15) is 46.0 Å². The number of carbonyl (C=O) groups excluding carboxylic acids is 1.